The first kappa shape index (κ1) is 26.7. The predicted molar refractivity (Wildman–Crippen MR) is 167 cm³/mol. The summed E-state index contributed by atoms with van der Waals surface area (Å²) in [7, 11) is 0. The number of aliphatic hydroxyl groups is 1. The summed E-state index contributed by atoms with van der Waals surface area (Å²) in [5.74, 6) is 0.581. The van der Waals surface area contributed by atoms with Crippen molar-refractivity contribution in [3.05, 3.63) is 168 Å². The smallest absolute Gasteiger partial charge is 0.219 e. The number of rotatable bonds is 9. The van der Waals surface area contributed by atoms with E-state index in [1.54, 1.807) is 6.92 Å². The van der Waals surface area contributed by atoms with Gasteiger partial charge in [-0.05, 0) is 96.3 Å². The highest BCUT2D eigenvalue weighted by Gasteiger charge is 2.14. The van der Waals surface area contributed by atoms with Crippen molar-refractivity contribution in [3.63, 3.8) is 0 Å². The molecule has 0 spiro atoms. The number of benzene rings is 5. The van der Waals surface area contributed by atoms with Crippen molar-refractivity contribution in [2.45, 2.75) is 20.1 Å². The fourth-order valence-electron chi connectivity index (χ4n) is 4.50. The highest BCUT2D eigenvalue weighted by atomic mass is 16.6. The summed E-state index contributed by atoms with van der Waals surface area (Å²) in [6, 6.07) is 45.8. The highest BCUT2D eigenvalue weighted by molar-refractivity contribution is 5.91. The topological polar surface area (TPSA) is 32.7 Å². The zero-order valence-electron chi connectivity index (χ0n) is 22.9. The lowest BCUT2D eigenvalue weighted by Gasteiger charge is -2.26. The van der Waals surface area contributed by atoms with E-state index < -0.39 is 6.29 Å². The lowest BCUT2D eigenvalue weighted by atomic mass is 9.95. The third-order valence-electron chi connectivity index (χ3n) is 6.69. The van der Waals surface area contributed by atoms with Crippen LogP contribution in [0.2, 0.25) is 0 Å². The van der Waals surface area contributed by atoms with Crippen LogP contribution in [0.4, 0.5) is 17.1 Å². The van der Waals surface area contributed by atoms with Gasteiger partial charge in [-0.15, -0.1) is 0 Å². The first-order chi connectivity index (χ1) is 19.5. The Morgan fingerprint density at radius 1 is 0.675 bits per heavy atom. The van der Waals surface area contributed by atoms with Crippen molar-refractivity contribution in [1.82, 2.24) is 0 Å². The number of anilines is 3. The monoisotopic (exact) mass is 523 g/mol. The fourth-order valence-corrected chi connectivity index (χ4v) is 4.50. The molecule has 0 bridgehead atoms. The van der Waals surface area contributed by atoms with Gasteiger partial charge in [0.15, 0.2) is 0 Å². The molecule has 1 atom stereocenters. The lowest BCUT2D eigenvalue weighted by Crippen LogP contribution is -2.16. The summed E-state index contributed by atoms with van der Waals surface area (Å²) in [6.45, 7) is 7.58. The summed E-state index contributed by atoms with van der Waals surface area (Å²) in [5.41, 5.74) is 9.49. The average Bonchev–Trinajstić information content (AvgIpc) is 2.99. The van der Waals surface area contributed by atoms with E-state index in [9.17, 15) is 5.11 Å². The van der Waals surface area contributed by atoms with Crippen molar-refractivity contribution in [2.75, 3.05) is 4.90 Å². The number of ether oxygens (including phenoxy) is 1. The standard InChI is InChI=1S/C37H33NO2/c1-27(2)37(39)40-35-24-22-34(23-25-35)38(32-18-14-28(3)15-19-32)33-20-16-29(17-21-33)26-36(30-10-6-4-7-11-30)31-12-8-5-9-13-31/h4-26,37,39H,1H2,2-3H3. The largest absolute Gasteiger partial charge is 0.461 e. The summed E-state index contributed by atoms with van der Waals surface area (Å²) < 4.78 is 5.59. The molecule has 0 saturated carbocycles. The molecule has 0 aliphatic heterocycles. The zero-order chi connectivity index (χ0) is 27.9. The molecule has 0 heterocycles. The lowest BCUT2D eigenvalue weighted by molar-refractivity contribution is 0.0151. The Morgan fingerprint density at radius 2 is 1.12 bits per heavy atom. The minimum Gasteiger partial charge on any atom is -0.461 e. The second-order valence-electron chi connectivity index (χ2n) is 9.86. The third-order valence-corrected chi connectivity index (χ3v) is 6.69. The minimum atomic E-state index is -1.03. The van der Waals surface area contributed by atoms with E-state index in [4.69, 9.17) is 4.74 Å². The summed E-state index contributed by atoms with van der Waals surface area (Å²) in [5, 5.41) is 10.0. The number of aryl methyl sites for hydroxylation is 1. The number of nitrogens with zero attached hydrogens (tertiary/aromatic N) is 1. The van der Waals surface area contributed by atoms with Crippen molar-refractivity contribution in [2.24, 2.45) is 0 Å². The second-order valence-corrected chi connectivity index (χ2v) is 9.86. The van der Waals surface area contributed by atoms with Crippen LogP contribution in [0.15, 0.2) is 146 Å². The number of hydrogen-bond donors (Lipinski definition) is 1. The van der Waals surface area contributed by atoms with E-state index in [2.05, 4.69) is 122 Å². The van der Waals surface area contributed by atoms with E-state index in [-0.39, 0.29) is 0 Å². The van der Waals surface area contributed by atoms with Crippen LogP contribution in [0.1, 0.15) is 29.2 Å². The Kier molecular flexibility index (Phi) is 8.24. The molecule has 5 rings (SSSR count). The van der Waals surface area contributed by atoms with Crippen LogP contribution >= 0.6 is 0 Å². The van der Waals surface area contributed by atoms with Crippen LogP contribution in [0, 0.1) is 6.92 Å². The maximum Gasteiger partial charge on any atom is 0.219 e. The van der Waals surface area contributed by atoms with Gasteiger partial charge in [-0.2, -0.15) is 0 Å². The second kappa shape index (κ2) is 12.3. The van der Waals surface area contributed by atoms with Gasteiger partial charge in [0.25, 0.3) is 0 Å². The summed E-state index contributed by atoms with van der Waals surface area (Å²) >= 11 is 0. The Hall–Kier alpha value is -4.86. The van der Waals surface area contributed by atoms with Crippen LogP contribution in [0.25, 0.3) is 11.6 Å². The van der Waals surface area contributed by atoms with Crippen LogP contribution < -0.4 is 9.64 Å². The first-order valence-electron chi connectivity index (χ1n) is 13.4. The molecule has 40 heavy (non-hydrogen) atoms. The van der Waals surface area contributed by atoms with Crippen molar-refractivity contribution >= 4 is 28.7 Å². The summed E-state index contributed by atoms with van der Waals surface area (Å²) in [6.07, 6.45) is 1.21. The van der Waals surface area contributed by atoms with Gasteiger partial charge in [0.2, 0.25) is 6.29 Å². The van der Waals surface area contributed by atoms with Crippen LogP contribution in [-0.2, 0) is 0 Å². The van der Waals surface area contributed by atoms with Gasteiger partial charge >= 0.3 is 0 Å². The number of aliphatic hydroxyl groups excluding tert-OH is 1. The van der Waals surface area contributed by atoms with Gasteiger partial charge in [-0.1, -0.05) is 97.1 Å². The predicted octanol–water partition coefficient (Wildman–Crippen LogP) is 9.33. The van der Waals surface area contributed by atoms with E-state index in [1.165, 1.54) is 22.3 Å². The van der Waals surface area contributed by atoms with Gasteiger partial charge in [0, 0.05) is 17.1 Å². The van der Waals surface area contributed by atoms with Gasteiger partial charge in [0.05, 0.1) is 0 Å². The zero-order valence-corrected chi connectivity index (χ0v) is 22.9. The maximum atomic E-state index is 10.0. The van der Waals surface area contributed by atoms with Gasteiger partial charge < -0.3 is 14.7 Å². The third kappa shape index (κ3) is 6.40. The summed E-state index contributed by atoms with van der Waals surface area (Å²) in [4.78, 5) is 2.21. The van der Waals surface area contributed by atoms with Crippen LogP contribution in [0.3, 0.4) is 0 Å². The normalized spacial score (nSPS) is 11.4. The quantitative estimate of drug-likeness (QED) is 0.119. The van der Waals surface area contributed by atoms with Crippen molar-refractivity contribution in [3.8, 4) is 5.75 Å². The minimum absolute atomic E-state index is 0.558. The molecule has 1 N–H and O–H groups in total. The molecule has 0 fully saturated rings. The van der Waals surface area contributed by atoms with E-state index in [1.807, 2.05) is 36.4 Å². The molecule has 5 aromatic rings. The molecule has 3 heteroatoms. The first-order valence-corrected chi connectivity index (χ1v) is 13.4. The molecular weight excluding hydrogens is 490 g/mol. The maximum absolute atomic E-state index is 10.0. The van der Waals surface area contributed by atoms with E-state index >= 15 is 0 Å². The molecule has 1 unspecified atom stereocenters. The van der Waals surface area contributed by atoms with E-state index in [0.29, 0.717) is 11.3 Å². The van der Waals surface area contributed by atoms with E-state index in [0.717, 1.165) is 22.6 Å². The fraction of sp³-hybridized carbons (Fsp3) is 0.0811. The molecule has 5 aromatic carbocycles. The molecule has 0 saturated heterocycles. The average molecular weight is 524 g/mol. The number of hydrogen-bond acceptors (Lipinski definition) is 3. The SMILES string of the molecule is C=C(C)C(O)Oc1ccc(N(c2ccc(C)cc2)c2ccc(C=C(c3ccccc3)c3ccccc3)cc2)cc1. The molecule has 0 aliphatic carbocycles. The van der Waals surface area contributed by atoms with Crippen molar-refractivity contribution in [1.29, 1.82) is 0 Å². The van der Waals surface area contributed by atoms with Crippen molar-refractivity contribution < 1.29 is 9.84 Å². The Labute approximate surface area is 237 Å². The molecule has 0 amide bonds. The Morgan fingerprint density at radius 3 is 1.60 bits per heavy atom. The molecule has 0 radical (unpaired) electrons. The van der Waals surface area contributed by atoms with Gasteiger partial charge in [-0.25, -0.2) is 0 Å². The molecule has 0 aromatic heterocycles. The Balaban J connectivity index is 1.50. The molecule has 0 aliphatic rings. The molecular formula is C37H33NO2. The highest BCUT2D eigenvalue weighted by Crippen LogP contribution is 2.36. The van der Waals surface area contributed by atoms with Crippen LogP contribution in [0.5, 0.6) is 5.75 Å². The molecule has 3 nitrogen and oxygen atoms in total. The van der Waals surface area contributed by atoms with Gasteiger partial charge in [-0.3, -0.25) is 0 Å². The van der Waals surface area contributed by atoms with Gasteiger partial charge in [0.1, 0.15) is 5.75 Å². The molecule has 198 valence electrons. The Bertz CT molecular complexity index is 1530. The van der Waals surface area contributed by atoms with Crippen LogP contribution in [-0.4, -0.2) is 11.4 Å².